The first-order valence-corrected chi connectivity index (χ1v) is 5.29. The average Bonchev–Trinajstić information content (AvgIpc) is 2.86. The second-order valence-corrected chi connectivity index (χ2v) is 3.63. The highest BCUT2D eigenvalue weighted by Crippen LogP contribution is 2.35. The predicted octanol–water partition coefficient (Wildman–Crippen LogP) is 1.33. The van der Waals surface area contributed by atoms with E-state index in [1.54, 1.807) is 6.20 Å². The largest absolute Gasteiger partial charge is 0.454 e. The number of fused-ring (bicyclic) bond motifs is 1. The minimum atomic E-state index is 0.274. The van der Waals surface area contributed by atoms with Gasteiger partial charge in [-0.3, -0.25) is 0 Å². The first-order chi connectivity index (χ1) is 8.36. The Balaban J connectivity index is 2.03. The Morgan fingerprint density at radius 2 is 2.06 bits per heavy atom. The van der Waals surface area contributed by atoms with E-state index < -0.39 is 0 Å². The van der Waals surface area contributed by atoms with Crippen LogP contribution in [0.4, 0.5) is 0 Å². The molecule has 0 fully saturated rings. The summed E-state index contributed by atoms with van der Waals surface area (Å²) in [5, 5.41) is 0. The van der Waals surface area contributed by atoms with E-state index in [4.69, 9.17) is 15.2 Å². The number of hydrogen-bond acceptors (Lipinski definition) is 5. The molecule has 0 atom stereocenters. The highest BCUT2D eigenvalue weighted by molar-refractivity contribution is 5.64. The lowest BCUT2D eigenvalue weighted by Crippen LogP contribution is -2.02. The predicted molar refractivity (Wildman–Crippen MR) is 61.5 cm³/mol. The Kier molecular flexibility index (Phi) is 2.38. The molecule has 0 saturated heterocycles. The van der Waals surface area contributed by atoms with Crippen LogP contribution in [0, 0.1) is 0 Å². The van der Waals surface area contributed by atoms with E-state index >= 15 is 0 Å². The number of nitrogens with zero attached hydrogens (tertiary/aromatic N) is 2. The number of nitrogens with two attached hydrogens (primary N) is 1. The Morgan fingerprint density at radius 1 is 1.18 bits per heavy atom. The van der Waals surface area contributed by atoms with Crippen molar-refractivity contribution in [2.24, 2.45) is 5.73 Å². The fourth-order valence-corrected chi connectivity index (χ4v) is 1.71. The molecule has 2 heterocycles. The van der Waals surface area contributed by atoms with Gasteiger partial charge in [0, 0.05) is 11.8 Å². The first-order valence-electron chi connectivity index (χ1n) is 5.29. The van der Waals surface area contributed by atoms with E-state index in [2.05, 4.69) is 9.97 Å². The van der Waals surface area contributed by atoms with Crippen molar-refractivity contribution in [1.29, 1.82) is 0 Å². The van der Waals surface area contributed by atoms with Crippen LogP contribution in [0.15, 0.2) is 30.5 Å². The van der Waals surface area contributed by atoms with Crippen LogP contribution in [0.5, 0.6) is 11.5 Å². The van der Waals surface area contributed by atoms with Gasteiger partial charge in [0.05, 0.1) is 12.2 Å². The van der Waals surface area contributed by atoms with Gasteiger partial charge in [-0.05, 0) is 24.3 Å². The average molecular weight is 229 g/mol. The molecule has 0 saturated carbocycles. The second kappa shape index (κ2) is 4.03. The minimum Gasteiger partial charge on any atom is -0.454 e. The Bertz CT molecular complexity index is 557. The molecule has 0 aliphatic carbocycles. The van der Waals surface area contributed by atoms with Crippen LogP contribution in [0.2, 0.25) is 0 Å². The van der Waals surface area contributed by atoms with E-state index in [0.717, 1.165) is 22.8 Å². The molecule has 1 aliphatic heterocycles. The van der Waals surface area contributed by atoms with Gasteiger partial charge in [0.1, 0.15) is 5.82 Å². The fourth-order valence-electron chi connectivity index (χ4n) is 1.71. The molecule has 0 unspecified atom stereocenters. The van der Waals surface area contributed by atoms with E-state index in [0.29, 0.717) is 12.4 Å². The highest BCUT2D eigenvalue weighted by atomic mass is 16.7. The van der Waals surface area contributed by atoms with Gasteiger partial charge in [-0.1, -0.05) is 0 Å². The number of hydrogen-bond donors (Lipinski definition) is 1. The molecule has 5 nitrogen and oxygen atoms in total. The van der Waals surface area contributed by atoms with Crippen LogP contribution in [-0.4, -0.2) is 16.8 Å². The SMILES string of the molecule is NCc1nccc(-c2ccc3c(c2)OCO3)n1. The van der Waals surface area contributed by atoms with Crippen molar-refractivity contribution in [3.63, 3.8) is 0 Å². The van der Waals surface area contributed by atoms with E-state index in [-0.39, 0.29) is 6.79 Å². The lowest BCUT2D eigenvalue weighted by Gasteiger charge is -2.03. The Labute approximate surface area is 98.2 Å². The van der Waals surface area contributed by atoms with E-state index in [1.165, 1.54) is 0 Å². The topological polar surface area (TPSA) is 70.3 Å². The number of ether oxygens (including phenoxy) is 2. The normalized spacial score (nSPS) is 12.8. The van der Waals surface area contributed by atoms with Crippen molar-refractivity contribution in [3.05, 3.63) is 36.3 Å². The third-order valence-corrected chi connectivity index (χ3v) is 2.56. The molecule has 86 valence electrons. The Hall–Kier alpha value is -2.14. The Morgan fingerprint density at radius 3 is 2.94 bits per heavy atom. The highest BCUT2D eigenvalue weighted by Gasteiger charge is 2.14. The smallest absolute Gasteiger partial charge is 0.231 e. The van der Waals surface area contributed by atoms with E-state index in [1.807, 2.05) is 24.3 Å². The summed E-state index contributed by atoms with van der Waals surface area (Å²) >= 11 is 0. The van der Waals surface area contributed by atoms with Gasteiger partial charge in [-0.25, -0.2) is 9.97 Å². The van der Waals surface area contributed by atoms with E-state index in [9.17, 15) is 0 Å². The van der Waals surface area contributed by atoms with Crippen LogP contribution in [0.1, 0.15) is 5.82 Å². The minimum absolute atomic E-state index is 0.274. The molecule has 1 aromatic heterocycles. The van der Waals surface area contributed by atoms with Gasteiger partial charge in [0.25, 0.3) is 0 Å². The number of rotatable bonds is 2. The van der Waals surface area contributed by atoms with Crippen LogP contribution in [-0.2, 0) is 6.54 Å². The molecule has 1 aliphatic rings. The van der Waals surface area contributed by atoms with Crippen molar-refractivity contribution in [1.82, 2.24) is 9.97 Å². The molecule has 0 spiro atoms. The lowest BCUT2D eigenvalue weighted by atomic mass is 10.1. The molecule has 1 aromatic carbocycles. The molecular weight excluding hydrogens is 218 g/mol. The zero-order valence-corrected chi connectivity index (χ0v) is 9.09. The van der Waals surface area contributed by atoms with Crippen LogP contribution < -0.4 is 15.2 Å². The maximum absolute atomic E-state index is 5.52. The van der Waals surface area contributed by atoms with Gasteiger partial charge < -0.3 is 15.2 Å². The van der Waals surface area contributed by atoms with Gasteiger partial charge >= 0.3 is 0 Å². The first kappa shape index (κ1) is 10.0. The van der Waals surface area contributed by atoms with Crippen LogP contribution in [0.25, 0.3) is 11.3 Å². The molecule has 2 N–H and O–H groups in total. The number of benzene rings is 1. The van der Waals surface area contributed by atoms with Gasteiger partial charge in [0.2, 0.25) is 6.79 Å². The summed E-state index contributed by atoms with van der Waals surface area (Å²) in [6.45, 7) is 0.606. The molecule has 0 bridgehead atoms. The maximum Gasteiger partial charge on any atom is 0.231 e. The molecule has 17 heavy (non-hydrogen) atoms. The number of aromatic nitrogens is 2. The van der Waals surface area contributed by atoms with Crippen molar-refractivity contribution in [2.45, 2.75) is 6.54 Å². The molecular formula is C12H11N3O2. The quantitative estimate of drug-likeness (QED) is 0.841. The standard InChI is InChI=1S/C12H11N3O2/c13-6-12-14-4-3-9(15-12)8-1-2-10-11(5-8)17-7-16-10/h1-5H,6-7,13H2. The summed E-state index contributed by atoms with van der Waals surface area (Å²) < 4.78 is 10.6. The third kappa shape index (κ3) is 1.81. The summed E-state index contributed by atoms with van der Waals surface area (Å²) in [6, 6.07) is 7.57. The van der Waals surface area contributed by atoms with Crippen molar-refractivity contribution in [2.75, 3.05) is 6.79 Å². The van der Waals surface area contributed by atoms with Gasteiger partial charge in [0.15, 0.2) is 11.5 Å². The molecule has 5 heteroatoms. The molecule has 3 rings (SSSR count). The second-order valence-electron chi connectivity index (χ2n) is 3.63. The molecule has 0 radical (unpaired) electrons. The van der Waals surface area contributed by atoms with Crippen LogP contribution >= 0.6 is 0 Å². The summed E-state index contributed by atoms with van der Waals surface area (Å²) in [7, 11) is 0. The maximum atomic E-state index is 5.52. The lowest BCUT2D eigenvalue weighted by molar-refractivity contribution is 0.174. The van der Waals surface area contributed by atoms with Crippen molar-refractivity contribution in [3.8, 4) is 22.8 Å². The summed E-state index contributed by atoms with van der Waals surface area (Å²) in [5.41, 5.74) is 7.31. The zero-order chi connectivity index (χ0) is 11.7. The van der Waals surface area contributed by atoms with Gasteiger partial charge in [-0.2, -0.15) is 0 Å². The fraction of sp³-hybridized carbons (Fsp3) is 0.167. The van der Waals surface area contributed by atoms with Crippen LogP contribution in [0.3, 0.4) is 0 Å². The van der Waals surface area contributed by atoms with Crippen molar-refractivity contribution >= 4 is 0 Å². The molecule has 0 amide bonds. The summed E-state index contributed by atoms with van der Waals surface area (Å²) in [6.07, 6.45) is 1.70. The van der Waals surface area contributed by atoms with Crippen molar-refractivity contribution < 1.29 is 9.47 Å². The third-order valence-electron chi connectivity index (χ3n) is 2.56. The summed E-state index contributed by atoms with van der Waals surface area (Å²) in [4.78, 5) is 8.42. The summed E-state index contributed by atoms with van der Waals surface area (Å²) in [5.74, 6) is 2.14. The molecule has 2 aromatic rings. The zero-order valence-electron chi connectivity index (χ0n) is 9.09. The van der Waals surface area contributed by atoms with Gasteiger partial charge in [-0.15, -0.1) is 0 Å². The monoisotopic (exact) mass is 229 g/mol.